The van der Waals surface area contributed by atoms with E-state index in [4.69, 9.17) is 0 Å². The lowest BCUT2D eigenvalue weighted by atomic mass is 9.94. The molecular weight excluding hydrogens is 1290 g/mol. The number of nitrogens with one attached hydrogen (secondary N) is 1. The van der Waals surface area contributed by atoms with Crippen LogP contribution in [0.1, 0.15) is 0 Å². The molecule has 0 saturated carbocycles. The molecule has 1 N–H and O–H groups in total. The minimum Gasteiger partial charge on any atom is -0.356 e. The Morgan fingerprint density at radius 3 is 1.02 bits per heavy atom. The quantitative estimate of drug-likeness (QED) is 0.146. The summed E-state index contributed by atoms with van der Waals surface area (Å²) in [6.07, 6.45) is 0. The Kier molecular flexibility index (Phi) is 15.7. The minimum atomic E-state index is 1.09. The Balaban J connectivity index is 0.000000120. The van der Waals surface area contributed by atoms with E-state index in [2.05, 4.69) is 405 Å². The summed E-state index contributed by atoms with van der Waals surface area (Å²) in [4.78, 5) is 2.40. The molecule has 0 aliphatic heterocycles. The first-order valence-electron chi connectivity index (χ1n) is 34.4. The molecule has 2 heterocycles. The average molecular weight is 1350 g/mol. The predicted octanol–water partition coefficient (Wildman–Crippen LogP) is 27.5. The van der Waals surface area contributed by atoms with Gasteiger partial charge in [-0.3, -0.25) is 0 Å². The van der Waals surface area contributed by atoms with Crippen molar-refractivity contribution in [3.05, 3.63) is 393 Å². The zero-order valence-corrected chi connectivity index (χ0v) is 56.8. The second kappa shape index (κ2) is 26.2. The van der Waals surface area contributed by atoms with Crippen molar-refractivity contribution in [1.29, 1.82) is 0 Å². The molecular formula is C96H65BrN4. The highest BCUT2D eigenvalue weighted by Crippen LogP contribution is 2.45. The van der Waals surface area contributed by atoms with E-state index in [0.717, 1.165) is 38.6 Å². The van der Waals surface area contributed by atoms with Crippen molar-refractivity contribution in [2.75, 3.05) is 10.2 Å². The topological polar surface area (TPSA) is 25.1 Å². The number of hydrogen-bond acceptors (Lipinski definition) is 2. The SMILES string of the molecule is Brc1ccc2c3ccccc3n(-c3ccccc3-c3ccccc3)c2c1.c1ccc(-c2ccccc2-n2c3ccccc3c3ccc(N(c4ccccc4)c4ccc5c6ccccc6c6ccccc6c5c4)cc32)cc1.c1ccc(Nc2ccc3c4ccccc4c4ccccc4c3c2)cc1. The molecule has 5 heteroatoms. The Morgan fingerprint density at radius 2 is 0.535 bits per heavy atom. The Bertz CT molecular complexity index is 6430. The zero-order valence-electron chi connectivity index (χ0n) is 55.2. The molecule has 2 aromatic heterocycles. The lowest BCUT2D eigenvalue weighted by molar-refractivity contribution is 1.18. The van der Waals surface area contributed by atoms with Crippen molar-refractivity contribution < 1.29 is 0 Å². The van der Waals surface area contributed by atoms with Gasteiger partial charge in [-0.15, -0.1) is 0 Å². The second-order valence-electron chi connectivity index (χ2n) is 25.7. The monoisotopic (exact) mass is 1350 g/mol. The number of aromatic nitrogens is 2. The first-order valence-corrected chi connectivity index (χ1v) is 35.2. The molecule has 0 bridgehead atoms. The highest BCUT2D eigenvalue weighted by molar-refractivity contribution is 9.10. The van der Waals surface area contributed by atoms with Gasteiger partial charge in [-0.1, -0.05) is 307 Å². The van der Waals surface area contributed by atoms with Crippen LogP contribution in [0.25, 0.3) is 142 Å². The molecule has 101 heavy (non-hydrogen) atoms. The largest absolute Gasteiger partial charge is 0.356 e. The number of hydrogen-bond donors (Lipinski definition) is 1. The summed E-state index contributed by atoms with van der Waals surface area (Å²) in [7, 11) is 0. The highest BCUT2D eigenvalue weighted by atomic mass is 79.9. The first-order chi connectivity index (χ1) is 50.1. The van der Waals surface area contributed by atoms with Crippen LogP contribution in [0.2, 0.25) is 0 Å². The van der Waals surface area contributed by atoms with Gasteiger partial charge in [-0.2, -0.15) is 0 Å². The van der Waals surface area contributed by atoms with E-state index < -0.39 is 0 Å². The van der Waals surface area contributed by atoms with E-state index in [9.17, 15) is 0 Å². The molecule has 476 valence electrons. The molecule has 0 aliphatic carbocycles. The van der Waals surface area contributed by atoms with Crippen LogP contribution in [-0.4, -0.2) is 9.13 Å². The van der Waals surface area contributed by atoms with Gasteiger partial charge in [-0.25, -0.2) is 0 Å². The Morgan fingerprint density at radius 1 is 0.208 bits per heavy atom. The van der Waals surface area contributed by atoms with Gasteiger partial charge in [0.2, 0.25) is 0 Å². The fourth-order valence-electron chi connectivity index (χ4n) is 15.4. The molecule has 0 aliphatic rings. The number of rotatable bonds is 9. The predicted molar refractivity (Wildman–Crippen MR) is 436 cm³/mol. The zero-order chi connectivity index (χ0) is 67.2. The van der Waals surface area contributed by atoms with Crippen LogP contribution in [0.3, 0.4) is 0 Å². The molecule has 20 aromatic rings. The third-order valence-electron chi connectivity index (χ3n) is 19.8. The lowest BCUT2D eigenvalue weighted by Gasteiger charge is -2.26. The maximum absolute atomic E-state index is 3.65. The number of nitrogens with zero attached hydrogens (tertiary/aromatic N) is 3. The van der Waals surface area contributed by atoms with E-state index in [1.165, 1.54) is 136 Å². The maximum atomic E-state index is 3.65. The van der Waals surface area contributed by atoms with Gasteiger partial charge in [0.05, 0.1) is 33.4 Å². The van der Waals surface area contributed by atoms with Crippen LogP contribution in [0.5, 0.6) is 0 Å². The van der Waals surface area contributed by atoms with E-state index in [0.29, 0.717) is 0 Å². The summed E-state index contributed by atoms with van der Waals surface area (Å²) in [5, 5.41) is 24.0. The van der Waals surface area contributed by atoms with Crippen LogP contribution >= 0.6 is 15.9 Å². The fraction of sp³-hybridized carbons (Fsp3) is 0. The van der Waals surface area contributed by atoms with Crippen molar-refractivity contribution in [3.63, 3.8) is 0 Å². The summed E-state index contributed by atoms with van der Waals surface area (Å²) >= 11 is 3.65. The standard InChI is InChI=1S/C48H32N2.C24H16BrN.C24H17N/c1-3-15-33(16-4-1)37-19-11-13-25-46(37)50-47-26-14-12-24-43(47)44-30-28-36(32-48(44)50)49(34-17-5-2-6-18-34)35-27-29-42-40-22-8-7-20-38(40)39-21-9-10-23-41(39)45(42)31-35;25-18-14-15-21-20-11-5-7-13-23(20)26(24(21)16-18)22-12-6-4-10-19(22)17-8-2-1-3-9-17;1-2-8-17(9-3-1)25-18-14-15-23-21-12-5-4-10-19(21)20-11-6-7-13-22(20)24(23)16-18/h1-32H;1-16H;1-16,25H. The smallest absolute Gasteiger partial charge is 0.0562 e. The van der Waals surface area contributed by atoms with Crippen LogP contribution in [-0.2, 0) is 0 Å². The number of halogens is 1. The first kappa shape index (κ1) is 60.6. The van der Waals surface area contributed by atoms with Gasteiger partial charge in [0.15, 0.2) is 0 Å². The summed E-state index contributed by atoms with van der Waals surface area (Å²) in [6.45, 7) is 0. The van der Waals surface area contributed by atoms with Crippen molar-refractivity contribution >= 4 is 153 Å². The molecule has 0 saturated heterocycles. The molecule has 0 fully saturated rings. The van der Waals surface area contributed by atoms with Crippen molar-refractivity contribution in [2.45, 2.75) is 0 Å². The summed E-state index contributed by atoms with van der Waals surface area (Å²) in [6, 6.07) is 139. The van der Waals surface area contributed by atoms with Crippen LogP contribution in [0.4, 0.5) is 28.4 Å². The van der Waals surface area contributed by atoms with Gasteiger partial charge in [-0.05, 0) is 173 Å². The van der Waals surface area contributed by atoms with Gasteiger partial charge in [0.1, 0.15) is 0 Å². The molecule has 18 aromatic carbocycles. The van der Waals surface area contributed by atoms with Crippen molar-refractivity contribution in [3.8, 4) is 33.6 Å². The summed E-state index contributed by atoms with van der Waals surface area (Å²) < 4.78 is 5.91. The lowest BCUT2D eigenvalue weighted by Crippen LogP contribution is -2.10. The molecule has 0 unspecified atom stereocenters. The van der Waals surface area contributed by atoms with Gasteiger partial charge >= 0.3 is 0 Å². The fourth-order valence-corrected chi connectivity index (χ4v) is 15.7. The number of para-hydroxylation sites is 6. The molecule has 0 atom stereocenters. The molecule has 4 nitrogen and oxygen atoms in total. The number of benzene rings is 18. The van der Waals surface area contributed by atoms with E-state index in [1.54, 1.807) is 0 Å². The van der Waals surface area contributed by atoms with E-state index in [1.807, 2.05) is 18.2 Å². The normalized spacial score (nSPS) is 11.4. The van der Waals surface area contributed by atoms with Crippen LogP contribution in [0, 0.1) is 0 Å². The van der Waals surface area contributed by atoms with Crippen LogP contribution < -0.4 is 10.2 Å². The summed E-state index contributed by atoms with van der Waals surface area (Å²) in [5.74, 6) is 0. The Hall–Kier alpha value is -12.8. The highest BCUT2D eigenvalue weighted by Gasteiger charge is 2.22. The third kappa shape index (κ3) is 11.1. The van der Waals surface area contributed by atoms with E-state index >= 15 is 0 Å². The maximum Gasteiger partial charge on any atom is 0.0562 e. The summed E-state index contributed by atoms with van der Waals surface area (Å²) in [5.41, 5.74) is 17.6. The average Bonchev–Trinajstić information content (AvgIpc) is 1.05. The van der Waals surface area contributed by atoms with Crippen molar-refractivity contribution in [1.82, 2.24) is 9.13 Å². The third-order valence-corrected chi connectivity index (χ3v) is 20.3. The Labute approximate surface area is 594 Å². The number of anilines is 5. The van der Waals surface area contributed by atoms with Crippen LogP contribution in [0.15, 0.2) is 393 Å². The van der Waals surface area contributed by atoms with Gasteiger partial charge < -0.3 is 19.4 Å². The minimum absolute atomic E-state index is 1.09. The van der Waals surface area contributed by atoms with Crippen molar-refractivity contribution in [2.24, 2.45) is 0 Å². The molecule has 0 radical (unpaired) electrons. The molecule has 20 rings (SSSR count). The van der Waals surface area contributed by atoms with Gasteiger partial charge in [0, 0.05) is 65.6 Å². The number of fused-ring (bicyclic) bond motifs is 18. The second-order valence-corrected chi connectivity index (χ2v) is 26.6. The molecule has 0 amide bonds. The molecule has 0 spiro atoms. The van der Waals surface area contributed by atoms with Gasteiger partial charge in [0.25, 0.3) is 0 Å². The van der Waals surface area contributed by atoms with E-state index in [-0.39, 0.29) is 0 Å².